The molecule has 1 heterocycles. The topological polar surface area (TPSA) is 85.8 Å². The number of nitrogens with zero attached hydrogens (tertiary/aromatic N) is 3. The van der Waals surface area contributed by atoms with Gasteiger partial charge in [-0.15, -0.1) is 10.2 Å². The highest BCUT2D eigenvalue weighted by Crippen LogP contribution is 2.21. The van der Waals surface area contributed by atoms with Crippen LogP contribution in [-0.4, -0.2) is 38.8 Å². The Morgan fingerprint density at radius 1 is 1.11 bits per heavy atom. The molecular weight excluding hydrogens is 390 g/mol. The van der Waals surface area contributed by atoms with Crippen LogP contribution in [0, 0.1) is 6.92 Å². The summed E-state index contributed by atoms with van der Waals surface area (Å²) in [6.45, 7) is 2.66. The average Bonchev–Trinajstić information content (AvgIpc) is 3.08. The first kappa shape index (κ1) is 20.3. The number of carbonyl (C=O) groups excluding carboxylic acids is 1. The number of nitrogen functional groups attached to an aromatic ring is 1. The number of hydrogen-bond acceptors (Lipinski definition) is 6. The van der Waals surface area contributed by atoms with Gasteiger partial charge < -0.3 is 11.2 Å². The van der Waals surface area contributed by atoms with Gasteiger partial charge in [0.05, 0.1) is 5.75 Å². The Hall–Kier alpha value is -2.45. The number of nitrogens with two attached hydrogens (primary N) is 1. The van der Waals surface area contributed by atoms with Crippen LogP contribution in [-0.2, 0) is 10.5 Å². The molecule has 0 aliphatic heterocycles. The SMILES string of the molecule is Cc1ccc(-c2nnc(SCC(=O)NCCSCc3ccccc3)n2N)cc1. The second kappa shape index (κ2) is 10.2. The van der Waals surface area contributed by atoms with Gasteiger partial charge in [-0.05, 0) is 12.5 Å². The van der Waals surface area contributed by atoms with Crippen LogP contribution in [0.1, 0.15) is 11.1 Å². The van der Waals surface area contributed by atoms with Crippen LogP contribution in [0.5, 0.6) is 0 Å². The zero-order chi connectivity index (χ0) is 19.8. The Balaban J connectivity index is 1.39. The number of aryl methyl sites for hydroxylation is 1. The average molecular weight is 414 g/mol. The van der Waals surface area contributed by atoms with Crippen LogP contribution in [0.3, 0.4) is 0 Å². The minimum Gasteiger partial charge on any atom is -0.355 e. The van der Waals surface area contributed by atoms with Crippen molar-refractivity contribution < 1.29 is 4.79 Å². The van der Waals surface area contributed by atoms with E-state index in [1.165, 1.54) is 27.6 Å². The molecule has 0 atom stereocenters. The molecule has 0 unspecified atom stereocenters. The third-order valence-corrected chi connectivity index (χ3v) is 5.96. The lowest BCUT2D eigenvalue weighted by atomic mass is 10.1. The minimum absolute atomic E-state index is 0.0369. The van der Waals surface area contributed by atoms with Crippen LogP contribution in [0.15, 0.2) is 59.8 Å². The number of nitrogens with one attached hydrogen (secondary N) is 1. The van der Waals surface area contributed by atoms with Gasteiger partial charge in [-0.3, -0.25) is 4.79 Å². The summed E-state index contributed by atoms with van der Waals surface area (Å²) in [7, 11) is 0. The van der Waals surface area contributed by atoms with Crippen molar-refractivity contribution in [2.24, 2.45) is 0 Å². The molecule has 2 aromatic carbocycles. The summed E-state index contributed by atoms with van der Waals surface area (Å²) < 4.78 is 1.43. The molecule has 0 saturated carbocycles. The molecule has 6 nitrogen and oxygen atoms in total. The van der Waals surface area contributed by atoms with Gasteiger partial charge in [0.2, 0.25) is 11.1 Å². The van der Waals surface area contributed by atoms with E-state index in [4.69, 9.17) is 5.84 Å². The molecule has 1 amide bonds. The van der Waals surface area contributed by atoms with Gasteiger partial charge in [-0.2, -0.15) is 11.8 Å². The number of amides is 1. The second-order valence-corrected chi connectivity index (χ2v) is 8.27. The Kier molecular flexibility index (Phi) is 7.39. The lowest BCUT2D eigenvalue weighted by Gasteiger charge is -2.06. The number of rotatable bonds is 9. The zero-order valence-corrected chi connectivity index (χ0v) is 17.3. The fraction of sp³-hybridized carbons (Fsp3) is 0.250. The van der Waals surface area contributed by atoms with Crippen LogP contribution >= 0.6 is 23.5 Å². The van der Waals surface area contributed by atoms with Gasteiger partial charge in [0.1, 0.15) is 0 Å². The molecule has 0 saturated heterocycles. The molecule has 0 bridgehead atoms. The van der Waals surface area contributed by atoms with E-state index in [1.807, 2.05) is 49.4 Å². The third kappa shape index (κ3) is 5.77. The monoisotopic (exact) mass is 413 g/mol. The van der Waals surface area contributed by atoms with Crippen molar-refractivity contribution in [3.8, 4) is 11.4 Å². The first-order valence-electron chi connectivity index (χ1n) is 8.92. The van der Waals surface area contributed by atoms with E-state index in [0.29, 0.717) is 17.5 Å². The van der Waals surface area contributed by atoms with Crippen molar-refractivity contribution in [1.82, 2.24) is 20.2 Å². The second-order valence-electron chi connectivity index (χ2n) is 6.22. The van der Waals surface area contributed by atoms with Gasteiger partial charge in [0.25, 0.3) is 0 Å². The highest BCUT2D eigenvalue weighted by atomic mass is 32.2. The van der Waals surface area contributed by atoms with Crippen LogP contribution in [0.25, 0.3) is 11.4 Å². The molecule has 3 rings (SSSR count). The maximum absolute atomic E-state index is 12.0. The Labute approximate surface area is 173 Å². The summed E-state index contributed by atoms with van der Waals surface area (Å²) in [4.78, 5) is 12.0. The molecule has 0 spiro atoms. The summed E-state index contributed by atoms with van der Waals surface area (Å²) in [5.41, 5.74) is 3.36. The quantitative estimate of drug-likeness (QED) is 0.318. The van der Waals surface area contributed by atoms with Crippen molar-refractivity contribution in [3.05, 3.63) is 65.7 Å². The van der Waals surface area contributed by atoms with Crippen molar-refractivity contribution in [2.45, 2.75) is 17.8 Å². The predicted octanol–water partition coefficient (Wildman–Crippen LogP) is 3.11. The molecule has 0 fully saturated rings. The molecule has 146 valence electrons. The van der Waals surface area contributed by atoms with Gasteiger partial charge >= 0.3 is 0 Å². The summed E-state index contributed by atoms with van der Waals surface area (Å²) in [6, 6.07) is 18.2. The van der Waals surface area contributed by atoms with E-state index in [9.17, 15) is 4.79 Å². The fourth-order valence-electron chi connectivity index (χ4n) is 2.48. The normalized spacial score (nSPS) is 10.8. The Morgan fingerprint density at radius 2 is 1.86 bits per heavy atom. The lowest BCUT2D eigenvalue weighted by Crippen LogP contribution is -2.27. The van der Waals surface area contributed by atoms with E-state index in [0.717, 1.165) is 17.1 Å². The van der Waals surface area contributed by atoms with Crippen LogP contribution < -0.4 is 11.2 Å². The largest absolute Gasteiger partial charge is 0.355 e. The number of benzene rings is 2. The third-order valence-electron chi connectivity index (χ3n) is 3.99. The van der Waals surface area contributed by atoms with Gasteiger partial charge in [-0.1, -0.05) is 71.9 Å². The maximum Gasteiger partial charge on any atom is 0.230 e. The Morgan fingerprint density at radius 3 is 2.61 bits per heavy atom. The van der Waals surface area contributed by atoms with Crippen molar-refractivity contribution in [2.75, 3.05) is 23.9 Å². The molecule has 0 aliphatic carbocycles. The molecule has 28 heavy (non-hydrogen) atoms. The van der Waals surface area contributed by atoms with Crippen molar-refractivity contribution in [1.29, 1.82) is 0 Å². The molecular formula is C20H23N5OS2. The standard InChI is InChI=1S/C20H23N5OS2/c1-15-7-9-17(10-8-15)19-23-24-20(25(19)21)28-14-18(26)22-11-12-27-13-16-5-3-2-4-6-16/h2-10H,11-14,21H2,1H3,(H,22,26). The summed E-state index contributed by atoms with van der Waals surface area (Å²) in [5, 5.41) is 11.7. The van der Waals surface area contributed by atoms with Crippen molar-refractivity contribution in [3.63, 3.8) is 0 Å². The molecule has 3 aromatic rings. The van der Waals surface area contributed by atoms with E-state index >= 15 is 0 Å². The molecule has 3 N–H and O–H groups in total. The van der Waals surface area contributed by atoms with Gasteiger partial charge in [-0.25, -0.2) is 4.68 Å². The van der Waals surface area contributed by atoms with Crippen molar-refractivity contribution >= 4 is 29.4 Å². The predicted molar refractivity (Wildman–Crippen MR) is 117 cm³/mol. The number of aromatic nitrogens is 3. The highest BCUT2D eigenvalue weighted by molar-refractivity contribution is 7.99. The number of hydrogen-bond donors (Lipinski definition) is 2. The summed E-state index contributed by atoms with van der Waals surface area (Å²) in [6.07, 6.45) is 0. The summed E-state index contributed by atoms with van der Waals surface area (Å²) in [5.74, 6) is 8.71. The minimum atomic E-state index is -0.0369. The fourth-order valence-corrected chi connectivity index (χ4v) is 3.99. The van der Waals surface area contributed by atoms with Crippen LogP contribution in [0.2, 0.25) is 0 Å². The van der Waals surface area contributed by atoms with Crippen LogP contribution in [0.4, 0.5) is 0 Å². The number of carbonyl (C=O) groups is 1. The van der Waals surface area contributed by atoms with E-state index < -0.39 is 0 Å². The molecule has 0 radical (unpaired) electrons. The van der Waals surface area contributed by atoms with Gasteiger partial charge in [0.15, 0.2) is 5.82 Å². The smallest absolute Gasteiger partial charge is 0.230 e. The molecule has 1 aromatic heterocycles. The lowest BCUT2D eigenvalue weighted by molar-refractivity contribution is -0.118. The zero-order valence-electron chi connectivity index (χ0n) is 15.7. The van der Waals surface area contributed by atoms with E-state index in [1.54, 1.807) is 11.8 Å². The molecule has 0 aliphatic rings. The highest BCUT2D eigenvalue weighted by Gasteiger charge is 2.13. The maximum atomic E-state index is 12.0. The van der Waals surface area contributed by atoms with E-state index in [2.05, 4.69) is 27.6 Å². The first-order valence-corrected chi connectivity index (χ1v) is 11.1. The van der Waals surface area contributed by atoms with Gasteiger partial charge in [0, 0.05) is 23.6 Å². The first-order chi connectivity index (χ1) is 13.6. The molecule has 8 heteroatoms. The Bertz CT molecular complexity index is 897. The summed E-state index contributed by atoms with van der Waals surface area (Å²) >= 11 is 3.08. The number of thioether (sulfide) groups is 2. The van der Waals surface area contributed by atoms with E-state index in [-0.39, 0.29) is 11.7 Å².